The summed E-state index contributed by atoms with van der Waals surface area (Å²) >= 11 is 1.37. The van der Waals surface area contributed by atoms with Gasteiger partial charge in [-0.3, -0.25) is 9.59 Å². The van der Waals surface area contributed by atoms with Crippen LogP contribution in [-0.2, 0) is 9.59 Å². The number of anilines is 2. The smallest absolute Gasteiger partial charge is 0.234 e. The van der Waals surface area contributed by atoms with Gasteiger partial charge in [-0.25, -0.2) is 0 Å². The molecule has 0 unspecified atom stereocenters. The molecular weight excluding hydrogens is 398 g/mol. The maximum absolute atomic E-state index is 12.6. The van der Waals surface area contributed by atoms with E-state index in [1.165, 1.54) is 11.8 Å². The van der Waals surface area contributed by atoms with Crippen LogP contribution in [0.1, 0.15) is 25.7 Å². The highest BCUT2D eigenvalue weighted by atomic mass is 32.2. The molecule has 2 saturated heterocycles. The number of hydrogen-bond acceptors (Lipinski definition) is 6. The first-order valence-electron chi connectivity index (χ1n) is 10.5. The van der Waals surface area contributed by atoms with Crippen LogP contribution < -0.4 is 10.2 Å². The second-order valence-electron chi connectivity index (χ2n) is 7.73. The first kappa shape index (κ1) is 20.7. The summed E-state index contributed by atoms with van der Waals surface area (Å²) in [6, 6.07) is 13.3. The zero-order valence-corrected chi connectivity index (χ0v) is 17.8. The maximum Gasteiger partial charge on any atom is 0.234 e. The van der Waals surface area contributed by atoms with Crippen LogP contribution in [0.5, 0.6) is 0 Å². The first-order valence-corrected chi connectivity index (χ1v) is 11.5. The number of thioether (sulfide) groups is 1. The van der Waals surface area contributed by atoms with E-state index in [-0.39, 0.29) is 17.6 Å². The Morgan fingerprint density at radius 2 is 1.70 bits per heavy atom. The van der Waals surface area contributed by atoms with E-state index in [1.807, 2.05) is 47.4 Å². The molecule has 0 atom stereocenters. The number of likely N-dealkylation sites (tertiary alicyclic amines) is 1. The highest BCUT2D eigenvalue weighted by Gasteiger charge is 2.30. The van der Waals surface area contributed by atoms with Gasteiger partial charge in [0.2, 0.25) is 11.8 Å². The van der Waals surface area contributed by atoms with Crippen molar-refractivity contribution in [2.75, 3.05) is 42.1 Å². The Bertz CT molecular complexity index is 848. The monoisotopic (exact) mass is 425 g/mol. The number of carbonyl (C=O) groups is 2. The fourth-order valence-corrected chi connectivity index (χ4v) is 4.58. The van der Waals surface area contributed by atoms with Gasteiger partial charge in [-0.2, -0.15) is 0 Å². The third-order valence-corrected chi connectivity index (χ3v) is 6.54. The number of carbonyl (C=O) groups excluding carboxylic acids is 2. The molecule has 2 fully saturated rings. The van der Waals surface area contributed by atoms with Crippen LogP contribution in [0.15, 0.2) is 47.5 Å². The van der Waals surface area contributed by atoms with Crippen LogP contribution in [0.4, 0.5) is 11.5 Å². The molecule has 1 aromatic heterocycles. The third kappa shape index (κ3) is 5.30. The van der Waals surface area contributed by atoms with E-state index < -0.39 is 0 Å². The molecule has 4 rings (SSSR count). The zero-order chi connectivity index (χ0) is 20.8. The summed E-state index contributed by atoms with van der Waals surface area (Å²) in [4.78, 5) is 28.9. The van der Waals surface area contributed by atoms with Crippen LogP contribution in [0.25, 0.3) is 0 Å². The van der Waals surface area contributed by atoms with Crippen molar-refractivity contribution in [1.82, 2.24) is 15.1 Å². The minimum atomic E-state index is -0.0678. The lowest BCUT2D eigenvalue weighted by Gasteiger charge is -2.33. The van der Waals surface area contributed by atoms with Crippen molar-refractivity contribution < 1.29 is 9.59 Å². The molecule has 30 heavy (non-hydrogen) atoms. The molecule has 2 aromatic rings. The highest BCUT2D eigenvalue weighted by Crippen LogP contribution is 2.25. The molecule has 0 aliphatic carbocycles. The fraction of sp³-hybridized carbons (Fsp3) is 0.455. The summed E-state index contributed by atoms with van der Waals surface area (Å²) < 4.78 is 0. The molecule has 0 radical (unpaired) electrons. The van der Waals surface area contributed by atoms with Crippen molar-refractivity contribution in [2.24, 2.45) is 5.92 Å². The van der Waals surface area contributed by atoms with E-state index in [0.717, 1.165) is 68.4 Å². The Balaban J connectivity index is 1.23. The van der Waals surface area contributed by atoms with Crippen molar-refractivity contribution in [3.63, 3.8) is 0 Å². The van der Waals surface area contributed by atoms with Crippen molar-refractivity contribution in [3.8, 4) is 0 Å². The lowest BCUT2D eigenvalue weighted by atomic mass is 9.95. The van der Waals surface area contributed by atoms with E-state index in [4.69, 9.17) is 0 Å². The SMILES string of the molecule is O=C(CSc1ccc(N2CCC(C(=O)N3CCCC3)CC2)nn1)Nc1ccccc1. The molecule has 7 nitrogen and oxygen atoms in total. The minimum absolute atomic E-state index is 0.0678. The van der Waals surface area contributed by atoms with Crippen LogP contribution >= 0.6 is 11.8 Å². The molecule has 0 saturated carbocycles. The summed E-state index contributed by atoms with van der Waals surface area (Å²) in [5.41, 5.74) is 0.788. The molecule has 0 spiro atoms. The van der Waals surface area contributed by atoms with Crippen LogP contribution in [0, 0.1) is 5.92 Å². The number of piperidine rings is 1. The Morgan fingerprint density at radius 3 is 2.37 bits per heavy atom. The molecule has 8 heteroatoms. The number of nitrogens with one attached hydrogen (secondary N) is 1. The number of rotatable bonds is 6. The highest BCUT2D eigenvalue weighted by molar-refractivity contribution is 7.99. The van der Waals surface area contributed by atoms with E-state index in [0.29, 0.717) is 5.91 Å². The Kier molecular flexibility index (Phi) is 6.84. The summed E-state index contributed by atoms with van der Waals surface area (Å²) in [6.07, 6.45) is 4.01. The predicted molar refractivity (Wildman–Crippen MR) is 119 cm³/mol. The number of amides is 2. The van der Waals surface area contributed by atoms with Crippen LogP contribution in [-0.4, -0.2) is 58.8 Å². The summed E-state index contributed by atoms with van der Waals surface area (Å²) in [5.74, 6) is 1.53. The minimum Gasteiger partial charge on any atom is -0.355 e. The average Bonchev–Trinajstić information content (AvgIpc) is 3.33. The molecule has 1 aromatic carbocycles. The second-order valence-corrected chi connectivity index (χ2v) is 8.72. The molecule has 2 amide bonds. The Morgan fingerprint density at radius 1 is 0.967 bits per heavy atom. The number of para-hydroxylation sites is 1. The van der Waals surface area contributed by atoms with Crippen molar-refractivity contribution >= 4 is 35.1 Å². The molecule has 1 N–H and O–H groups in total. The standard InChI is InChI=1S/C22H27N5O2S/c28-20(23-18-6-2-1-3-7-18)16-30-21-9-8-19(24-25-21)26-14-10-17(11-15-26)22(29)27-12-4-5-13-27/h1-3,6-9,17H,4-5,10-16H2,(H,23,28). The summed E-state index contributed by atoms with van der Waals surface area (Å²) in [6.45, 7) is 3.50. The van der Waals surface area contributed by atoms with Crippen LogP contribution in [0.3, 0.4) is 0 Å². The van der Waals surface area contributed by atoms with Gasteiger partial charge in [-0.15, -0.1) is 10.2 Å². The molecule has 3 heterocycles. The van der Waals surface area contributed by atoms with Gasteiger partial charge >= 0.3 is 0 Å². The topological polar surface area (TPSA) is 78.4 Å². The second kappa shape index (κ2) is 9.93. The first-order chi connectivity index (χ1) is 14.7. The lowest BCUT2D eigenvalue weighted by Crippen LogP contribution is -2.42. The van der Waals surface area contributed by atoms with Crippen molar-refractivity contribution in [1.29, 1.82) is 0 Å². The van der Waals surface area contributed by atoms with E-state index in [9.17, 15) is 9.59 Å². The fourth-order valence-electron chi connectivity index (χ4n) is 3.97. The molecular formula is C22H27N5O2S. The largest absolute Gasteiger partial charge is 0.355 e. The Labute approximate surface area is 181 Å². The Hall–Kier alpha value is -2.61. The number of nitrogens with zero attached hydrogens (tertiary/aromatic N) is 4. The third-order valence-electron chi connectivity index (χ3n) is 5.62. The van der Waals surface area contributed by atoms with Gasteiger partial charge in [0.1, 0.15) is 5.03 Å². The average molecular weight is 426 g/mol. The number of aromatic nitrogens is 2. The van der Waals surface area contributed by atoms with E-state index in [1.54, 1.807) is 0 Å². The lowest BCUT2D eigenvalue weighted by molar-refractivity contribution is -0.135. The van der Waals surface area contributed by atoms with Gasteiger partial charge in [0.05, 0.1) is 5.75 Å². The van der Waals surface area contributed by atoms with Gasteiger partial charge in [0.25, 0.3) is 0 Å². The predicted octanol–water partition coefficient (Wildman–Crippen LogP) is 3.05. The van der Waals surface area contributed by atoms with Crippen molar-refractivity contribution in [2.45, 2.75) is 30.7 Å². The van der Waals surface area contributed by atoms with E-state index >= 15 is 0 Å². The van der Waals surface area contributed by atoms with Gasteiger partial charge in [0.15, 0.2) is 5.82 Å². The normalized spacial score (nSPS) is 17.2. The summed E-state index contributed by atoms with van der Waals surface area (Å²) in [7, 11) is 0. The van der Waals surface area contributed by atoms with Crippen molar-refractivity contribution in [3.05, 3.63) is 42.5 Å². The zero-order valence-electron chi connectivity index (χ0n) is 17.0. The maximum atomic E-state index is 12.6. The van der Waals surface area contributed by atoms with Gasteiger partial charge in [-0.05, 0) is 49.9 Å². The summed E-state index contributed by atoms with van der Waals surface area (Å²) in [5, 5.41) is 12.2. The quantitative estimate of drug-likeness (QED) is 0.717. The van der Waals surface area contributed by atoms with Gasteiger partial charge < -0.3 is 15.1 Å². The van der Waals surface area contributed by atoms with Gasteiger partial charge in [0, 0.05) is 37.8 Å². The molecule has 2 aliphatic heterocycles. The van der Waals surface area contributed by atoms with Crippen LogP contribution in [0.2, 0.25) is 0 Å². The van der Waals surface area contributed by atoms with E-state index in [2.05, 4.69) is 20.4 Å². The number of hydrogen-bond donors (Lipinski definition) is 1. The molecule has 0 bridgehead atoms. The van der Waals surface area contributed by atoms with Gasteiger partial charge in [-0.1, -0.05) is 30.0 Å². The molecule has 2 aliphatic rings. The molecule has 158 valence electrons. The number of benzene rings is 1.